The molecule has 6 nitrogen and oxygen atoms in total. The predicted octanol–water partition coefficient (Wildman–Crippen LogP) is 1.82. The van der Waals surface area contributed by atoms with Crippen LogP contribution in [0.4, 0.5) is 0 Å². The molecule has 0 saturated heterocycles. The maximum Gasteiger partial charge on any atom is 0.308 e. The summed E-state index contributed by atoms with van der Waals surface area (Å²) in [6.07, 6.45) is 1.68. The van der Waals surface area contributed by atoms with Gasteiger partial charge in [0.05, 0.1) is 25.7 Å². The van der Waals surface area contributed by atoms with Crippen LogP contribution in [-0.2, 0) is 16.0 Å². The Balaban J connectivity index is 2.03. The number of fused-ring (bicyclic) bond motifs is 1. The lowest BCUT2D eigenvalue weighted by atomic mass is 10.1. The maximum atomic E-state index is 11.8. The Morgan fingerprint density at radius 3 is 2.86 bits per heavy atom. The average molecular weight is 291 g/mol. The van der Waals surface area contributed by atoms with Crippen LogP contribution < -0.4 is 10.1 Å². The summed E-state index contributed by atoms with van der Waals surface area (Å²) in [6, 6.07) is 5.38. The standard InChI is InChI=1S/C15H17NO5/c1-9(15(18)19)7-16-14(17)5-10-8-21-13-6-11(20-2)3-4-12(10)13/h3-4,6,8-9H,5,7H2,1-2H3,(H,16,17)(H,18,19). The lowest BCUT2D eigenvalue weighted by Gasteiger charge is -2.07. The van der Waals surface area contributed by atoms with Gasteiger partial charge in [0.15, 0.2) is 0 Å². The molecule has 2 rings (SSSR count). The van der Waals surface area contributed by atoms with Crippen LogP contribution in [0, 0.1) is 5.92 Å². The third-order valence-corrected chi connectivity index (χ3v) is 3.24. The second kappa shape index (κ2) is 6.30. The van der Waals surface area contributed by atoms with E-state index in [0.29, 0.717) is 11.3 Å². The van der Waals surface area contributed by atoms with Crippen molar-refractivity contribution in [3.8, 4) is 5.75 Å². The summed E-state index contributed by atoms with van der Waals surface area (Å²) in [6.45, 7) is 1.65. The number of carboxylic acids is 1. The molecule has 1 aromatic heterocycles. The van der Waals surface area contributed by atoms with Crippen LogP contribution in [0.5, 0.6) is 5.75 Å². The third kappa shape index (κ3) is 3.53. The highest BCUT2D eigenvalue weighted by Gasteiger charge is 2.14. The Hall–Kier alpha value is -2.50. The largest absolute Gasteiger partial charge is 0.497 e. The van der Waals surface area contributed by atoms with Crippen LogP contribution in [0.3, 0.4) is 0 Å². The molecule has 6 heteroatoms. The second-order valence-electron chi connectivity index (χ2n) is 4.84. The summed E-state index contributed by atoms with van der Waals surface area (Å²) in [7, 11) is 1.57. The first kappa shape index (κ1) is 14.9. The van der Waals surface area contributed by atoms with E-state index in [0.717, 1.165) is 10.9 Å². The Morgan fingerprint density at radius 2 is 2.19 bits per heavy atom. The molecule has 2 N–H and O–H groups in total. The highest BCUT2D eigenvalue weighted by atomic mass is 16.5. The monoisotopic (exact) mass is 291 g/mol. The number of amides is 1. The van der Waals surface area contributed by atoms with Crippen molar-refractivity contribution in [3.05, 3.63) is 30.0 Å². The second-order valence-corrected chi connectivity index (χ2v) is 4.84. The normalized spacial score (nSPS) is 12.1. The molecule has 1 heterocycles. The van der Waals surface area contributed by atoms with Gasteiger partial charge >= 0.3 is 5.97 Å². The summed E-state index contributed by atoms with van der Waals surface area (Å²) in [5.41, 5.74) is 1.41. The molecular weight excluding hydrogens is 274 g/mol. The van der Waals surface area contributed by atoms with Gasteiger partial charge in [-0.25, -0.2) is 0 Å². The number of carbonyl (C=O) groups is 2. The number of hydrogen-bond acceptors (Lipinski definition) is 4. The molecule has 0 aliphatic carbocycles. The van der Waals surface area contributed by atoms with Gasteiger partial charge in [0.25, 0.3) is 0 Å². The van der Waals surface area contributed by atoms with E-state index in [4.69, 9.17) is 14.3 Å². The summed E-state index contributed by atoms with van der Waals surface area (Å²) in [4.78, 5) is 22.5. The van der Waals surface area contributed by atoms with Crippen LogP contribution in [0.1, 0.15) is 12.5 Å². The first-order valence-electron chi connectivity index (χ1n) is 6.55. The number of ether oxygens (including phenoxy) is 1. The predicted molar refractivity (Wildman–Crippen MR) is 76.3 cm³/mol. The molecule has 0 radical (unpaired) electrons. The maximum absolute atomic E-state index is 11.8. The van der Waals surface area contributed by atoms with Crippen molar-refractivity contribution in [3.63, 3.8) is 0 Å². The Kier molecular flexibility index (Phi) is 4.47. The number of methoxy groups -OCH3 is 1. The van der Waals surface area contributed by atoms with Crippen LogP contribution in [-0.4, -0.2) is 30.6 Å². The van der Waals surface area contributed by atoms with Gasteiger partial charge < -0.3 is 19.6 Å². The molecule has 1 atom stereocenters. The van der Waals surface area contributed by atoms with E-state index >= 15 is 0 Å². The fraction of sp³-hybridized carbons (Fsp3) is 0.333. The van der Waals surface area contributed by atoms with Crippen molar-refractivity contribution in [1.29, 1.82) is 0 Å². The SMILES string of the molecule is COc1ccc2c(CC(=O)NCC(C)C(=O)O)coc2c1. The number of aliphatic carboxylic acids is 1. The van der Waals surface area contributed by atoms with Crippen LogP contribution in [0.25, 0.3) is 11.0 Å². The van der Waals surface area contributed by atoms with Crippen molar-refractivity contribution in [2.45, 2.75) is 13.3 Å². The molecule has 2 aromatic rings. The zero-order valence-corrected chi connectivity index (χ0v) is 11.9. The summed E-state index contributed by atoms with van der Waals surface area (Å²) in [5.74, 6) is -1.10. The number of carbonyl (C=O) groups excluding carboxylic acids is 1. The molecule has 0 saturated carbocycles. The smallest absolute Gasteiger partial charge is 0.308 e. The van der Waals surface area contributed by atoms with Crippen molar-refractivity contribution in [2.75, 3.05) is 13.7 Å². The molecule has 0 aliphatic rings. The van der Waals surface area contributed by atoms with Gasteiger partial charge in [-0.15, -0.1) is 0 Å². The van der Waals surface area contributed by atoms with Gasteiger partial charge in [-0.1, -0.05) is 6.92 Å². The molecular formula is C15H17NO5. The fourth-order valence-corrected chi connectivity index (χ4v) is 1.92. The molecule has 21 heavy (non-hydrogen) atoms. The fourth-order valence-electron chi connectivity index (χ4n) is 1.92. The molecule has 1 aromatic carbocycles. The van der Waals surface area contributed by atoms with Crippen LogP contribution in [0.2, 0.25) is 0 Å². The van der Waals surface area contributed by atoms with E-state index in [1.165, 1.54) is 6.26 Å². The Labute approximate surface area is 121 Å². The van der Waals surface area contributed by atoms with E-state index < -0.39 is 11.9 Å². The highest BCUT2D eigenvalue weighted by Crippen LogP contribution is 2.25. The van der Waals surface area contributed by atoms with Crippen molar-refractivity contribution >= 4 is 22.8 Å². The minimum absolute atomic E-state index is 0.109. The quantitative estimate of drug-likeness (QED) is 0.847. The molecule has 0 spiro atoms. The van der Waals surface area contributed by atoms with E-state index in [-0.39, 0.29) is 18.9 Å². The molecule has 0 fully saturated rings. The summed E-state index contributed by atoms with van der Waals surface area (Å²) >= 11 is 0. The Bertz CT molecular complexity index is 661. The van der Waals surface area contributed by atoms with E-state index in [9.17, 15) is 9.59 Å². The van der Waals surface area contributed by atoms with Crippen molar-refractivity contribution < 1.29 is 23.8 Å². The Morgan fingerprint density at radius 1 is 1.43 bits per heavy atom. The first-order chi connectivity index (χ1) is 10.0. The zero-order chi connectivity index (χ0) is 15.4. The van der Waals surface area contributed by atoms with Gasteiger partial charge in [0.1, 0.15) is 11.3 Å². The molecule has 0 bridgehead atoms. The number of furan rings is 1. The lowest BCUT2D eigenvalue weighted by molar-refractivity contribution is -0.141. The first-order valence-corrected chi connectivity index (χ1v) is 6.55. The molecule has 1 amide bonds. The third-order valence-electron chi connectivity index (χ3n) is 3.24. The minimum atomic E-state index is -0.934. The topological polar surface area (TPSA) is 88.8 Å². The van der Waals surface area contributed by atoms with Gasteiger partial charge in [-0.2, -0.15) is 0 Å². The van der Waals surface area contributed by atoms with E-state index in [1.807, 2.05) is 6.07 Å². The molecule has 0 aliphatic heterocycles. The number of nitrogens with one attached hydrogen (secondary N) is 1. The number of benzene rings is 1. The minimum Gasteiger partial charge on any atom is -0.497 e. The summed E-state index contributed by atoms with van der Waals surface area (Å²) < 4.78 is 10.5. The molecule has 1 unspecified atom stereocenters. The van der Waals surface area contributed by atoms with Crippen molar-refractivity contribution in [1.82, 2.24) is 5.32 Å². The lowest BCUT2D eigenvalue weighted by Crippen LogP contribution is -2.32. The van der Waals surface area contributed by atoms with Gasteiger partial charge in [0.2, 0.25) is 5.91 Å². The van der Waals surface area contributed by atoms with Gasteiger partial charge in [-0.3, -0.25) is 9.59 Å². The zero-order valence-electron chi connectivity index (χ0n) is 11.9. The number of rotatable bonds is 6. The average Bonchev–Trinajstić information content (AvgIpc) is 2.86. The van der Waals surface area contributed by atoms with Crippen LogP contribution >= 0.6 is 0 Å². The molecule has 112 valence electrons. The number of carboxylic acid groups (broad SMARTS) is 1. The van der Waals surface area contributed by atoms with Gasteiger partial charge in [-0.05, 0) is 12.1 Å². The highest BCUT2D eigenvalue weighted by molar-refractivity contribution is 5.88. The van der Waals surface area contributed by atoms with E-state index in [2.05, 4.69) is 5.32 Å². The van der Waals surface area contributed by atoms with Crippen molar-refractivity contribution in [2.24, 2.45) is 5.92 Å². The summed E-state index contributed by atoms with van der Waals surface area (Å²) in [5, 5.41) is 12.2. The van der Waals surface area contributed by atoms with E-state index in [1.54, 1.807) is 26.2 Å². The van der Waals surface area contributed by atoms with Gasteiger partial charge in [0, 0.05) is 23.6 Å². The van der Waals surface area contributed by atoms with Crippen LogP contribution in [0.15, 0.2) is 28.9 Å². The number of hydrogen-bond donors (Lipinski definition) is 2.